The summed E-state index contributed by atoms with van der Waals surface area (Å²) in [4.78, 5) is 48.1. The Morgan fingerprint density at radius 2 is 1.71 bits per heavy atom. The highest BCUT2D eigenvalue weighted by molar-refractivity contribution is 7.90. The number of carbonyl (C=O) groups excluding carboxylic acids is 2. The fourth-order valence-corrected chi connectivity index (χ4v) is 5.68. The van der Waals surface area contributed by atoms with Crippen LogP contribution in [0.15, 0.2) is 46.1 Å². The van der Waals surface area contributed by atoms with Crippen molar-refractivity contribution >= 4 is 43.5 Å². The molecule has 41 heavy (non-hydrogen) atoms. The Bertz CT molecular complexity index is 1910. The molecule has 1 unspecified atom stereocenters. The van der Waals surface area contributed by atoms with Crippen molar-refractivity contribution in [3.8, 4) is 0 Å². The minimum atomic E-state index is -3.48. The molecule has 2 N–H and O–H groups in total. The molecule has 0 fully saturated rings. The number of aromatic amines is 2. The van der Waals surface area contributed by atoms with E-state index in [1.165, 1.54) is 35.0 Å². The lowest BCUT2D eigenvalue weighted by atomic mass is 9.92. The third-order valence-electron chi connectivity index (χ3n) is 6.95. The predicted molar refractivity (Wildman–Crippen MR) is 147 cm³/mol. The van der Waals surface area contributed by atoms with Gasteiger partial charge in [0.25, 0.3) is 11.5 Å². The Morgan fingerprint density at radius 3 is 2.34 bits per heavy atom. The first-order valence-electron chi connectivity index (χ1n) is 12.6. The molecule has 2 aromatic heterocycles. The van der Waals surface area contributed by atoms with Crippen molar-refractivity contribution in [2.45, 2.75) is 43.9 Å². The smallest absolute Gasteiger partial charge is 0.410 e. The summed E-state index contributed by atoms with van der Waals surface area (Å²) in [6.07, 6.45) is 0.403. The van der Waals surface area contributed by atoms with Crippen LogP contribution in [0.4, 0.5) is 13.6 Å². The third kappa shape index (κ3) is 5.29. The maximum Gasteiger partial charge on any atom is 0.410 e. The quantitative estimate of drug-likeness (QED) is 0.369. The molecular formula is C28H28F2N4O6S. The van der Waals surface area contributed by atoms with Crippen molar-refractivity contribution in [2.75, 3.05) is 19.8 Å². The number of nitrogens with one attached hydrogen (secondary N) is 2. The maximum atomic E-state index is 14.4. The van der Waals surface area contributed by atoms with Gasteiger partial charge in [0.2, 0.25) is 0 Å². The van der Waals surface area contributed by atoms with Crippen molar-refractivity contribution in [3.63, 3.8) is 0 Å². The topological polar surface area (TPSA) is 133 Å². The molecule has 10 nitrogen and oxygen atoms in total. The minimum absolute atomic E-state index is 0.0667. The number of benzene rings is 2. The van der Waals surface area contributed by atoms with E-state index in [-0.39, 0.29) is 40.1 Å². The van der Waals surface area contributed by atoms with E-state index in [9.17, 15) is 31.6 Å². The van der Waals surface area contributed by atoms with Crippen molar-refractivity contribution < 1.29 is 31.5 Å². The first-order chi connectivity index (χ1) is 19.0. The summed E-state index contributed by atoms with van der Waals surface area (Å²) in [6, 6.07) is 6.77. The second kappa shape index (κ2) is 9.68. The number of pyridine rings is 1. The Morgan fingerprint density at radius 1 is 1.05 bits per heavy atom. The Kier molecular flexibility index (Phi) is 6.68. The number of amides is 2. The molecule has 0 bridgehead atoms. The fourth-order valence-electron chi connectivity index (χ4n) is 5.02. The van der Waals surface area contributed by atoms with Crippen LogP contribution in [0.2, 0.25) is 0 Å². The average Bonchev–Trinajstić information content (AvgIpc) is 3.30. The average molecular weight is 587 g/mol. The first kappa shape index (κ1) is 28.3. The number of ether oxygens (including phenoxy) is 1. The van der Waals surface area contributed by atoms with E-state index in [0.717, 1.165) is 18.4 Å². The number of carbonyl (C=O) groups is 2. The monoisotopic (exact) mass is 586 g/mol. The van der Waals surface area contributed by atoms with E-state index in [2.05, 4.69) is 9.97 Å². The number of sulfone groups is 1. The zero-order valence-corrected chi connectivity index (χ0v) is 23.8. The van der Waals surface area contributed by atoms with E-state index in [1.807, 2.05) is 0 Å². The molecule has 5 rings (SSSR count). The highest BCUT2D eigenvalue weighted by Crippen LogP contribution is 2.36. The molecule has 2 aromatic carbocycles. The summed E-state index contributed by atoms with van der Waals surface area (Å²) in [5, 5.41) is 0.514. The highest BCUT2D eigenvalue weighted by atomic mass is 32.2. The molecule has 1 atom stereocenters. The zero-order valence-electron chi connectivity index (χ0n) is 23.0. The van der Waals surface area contributed by atoms with E-state index < -0.39 is 50.7 Å². The number of halogens is 2. The van der Waals surface area contributed by atoms with E-state index >= 15 is 0 Å². The van der Waals surface area contributed by atoms with Crippen molar-refractivity contribution in [1.29, 1.82) is 0 Å². The van der Waals surface area contributed by atoms with Gasteiger partial charge in [-0.05, 0) is 62.6 Å². The number of fused-ring (bicyclic) bond motifs is 4. The lowest BCUT2D eigenvalue weighted by Gasteiger charge is -2.39. The fraction of sp³-hybridized carbons (Fsp3) is 0.321. The Balaban J connectivity index is 1.62. The van der Waals surface area contributed by atoms with Crippen LogP contribution in [0.1, 0.15) is 48.6 Å². The standard InChI is InChI=1S/C28H28F2N4O6S/c1-28(2,3)40-27(37)34-12-22-24(16-10-18(29)19(30)11-17(16)25(35)32-22)23(13-34)33(4)26(36)21-9-14-8-15(41(5,38)39)6-7-20(14)31-21/h6-11,23,31H,12-13H2,1-5H3,(H,32,35). The van der Waals surface area contributed by atoms with Gasteiger partial charge in [-0.15, -0.1) is 0 Å². The molecular weight excluding hydrogens is 558 g/mol. The number of rotatable bonds is 3. The van der Waals surface area contributed by atoms with Gasteiger partial charge in [-0.3, -0.25) is 14.5 Å². The van der Waals surface area contributed by atoms with Crippen LogP contribution in [0.5, 0.6) is 0 Å². The summed E-state index contributed by atoms with van der Waals surface area (Å²) in [5.41, 5.74) is -0.208. The molecule has 0 saturated heterocycles. The Labute approximate surface area is 233 Å². The van der Waals surface area contributed by atoms with E-state index in [0.29, 0.717) is 16.5 Å². The van der Waals surface area contributed by atoms with Gasteiger partial charge in [0, 0.05) is 42.0 Å². The van der Waals surface area contributed by atoms with Crippen molar-refractivity contribution in [3.05, 3.63) is 75.3 Å². The summed E-state index contributed by atoms with van der Waals surface area (Å²) in [7, 11) is -1.99. The second-order valence-electron chi connectivity index (χ2n) is 11.2. The molecule has 0 saturated carbocycles. The number of nitrogens with zero attached hydrogens (tertiary/aromatic N) is 2. The molecule has 2 amide bonds. The van der Waals surface area contributed by atoms with Crippen molar-refractivity contribution in [1.82, 2.24) is 19.8 Å². The molecule has 4 aromatic rings. The highest BCUT2D eigenvalue weighted by Gasteiger charge is 2.37. The second-order valence-corrected chi connectivity index (χ2v) is 13.2. The van der Waals surface area contributed by atoms with Crippen LogP contribution in [0, 0.1) is 11.6 Å². The van der Waals surface area contributed by atoms with Gasteiger partial charge in [-0.2, -0.15) is 0 Å². The number of H-pyrrole nitrogens is 2. The maximum absolute atomic E-state index is 14.4. The number of hydrogen-bond donors (Lipinski definition) is 2. The molecule has 216 valence electrons. The van der Waals surface area contributed by atoms with Gasteiger partial charge in [-0.25, -0.2) is 22.0 Å². The molecule has 0 spiro atoms. The number of aromatic nitrogens is 2. The van der Waals surface area contributed by atoms with Crippen LogP contribution in [0.3, 0.4) is 0 Å². The molecule has 13 heteroatoms. The molecule has 1 aliphatic rings. The largest absolute Gasteiger partial charge is 0.444 e. The van der Waals surface area contributed by atoms with Gasteiger partial charge in [-0.1, -0.05) is 0 Å². The SMILES string of the molecule is CN(C(=O)c1cc2cc(S(C)(=O)=O)ccc2[nH]1)C1CN(C(=O)OC(C)(C)C)Cc2[nH]c(=O)c3cc(F)c(F)cc3c21. The predicted octanol–water partition coefficient (Wildman–Crippen LogP) is 4.26. The number of hydrogen-bond acceptors (Lipinski definition) is 6. The summed E-state index contributed by atoms with van der Waals surface area (Å²) in [5.74, 6) is -2.88. The third-order valence-corrected chi connectivity index (χ3v) is 8.06. The molecule has 3 heterocycles. The lowest BCUT2D eigenvalue weighted by molar-refractivity contribution is 0.0142. The van der Waals surface area contributed by atoms with Crippen LogP contribution < -0.4 is 5.56 Å². The van der Waals surface area contributed by atoms with Crippen LogP contribution in [-0.2, 0) is 21.1 Å². The van der Waals surface area contributed by atoms with E-state index in [4.69, 9.17) is 4.74 Å². The minimum Gasteiger partial charge on any atom is -0.444 e. The van der Waals surface area contributed by atoms with Crippen LogP contribution >= 0.6 is 0 Å². The summed E-state index contributed by atoms with van der Waals surface area (Å²) < 4.78 is 58.0. The normalized spacial score (nSPS) is 15.7. The van der Waals surface area contributed by atoms with Gasteiger partial charge < -0.3 is 19.6 Å². The Hall–Kier alpha value is -4.26. The van der Waals surface area contributed by atoms with Crippen LogP contribution in [0.25, 0.3) is 21.7 Å². The zero-order chi connectivity index (χ0) is 30.0. The van der Waals surface area contributed by atoms with Gasteiger partial charge in [0.05, 0.1) is 22.9 Å². The van der Waals surface area contributed by atoms with Gasteiger partial charge >= 0.3 is 6.09 Å². The van der Waals surface area contributed by atoms with Gasteiger partial charge in [0.15, 0.2) is 21.5 Å². The number of likely N-dealkylation sites (N-methyl/N-ethyl adjacent to an activating group) is 1. The molecule has 1 aliphatic heterocycles. The van der Waals surface area contributed by atoms with E-state index in [1.54, 1.807) is 26.8 Å². The summed E-state index contributed by atoms with van der Waals surface area (Å²) >= 11 is 0. The lowest BCUT2D eigenvalue weighted by Crippen LogP contribution is -2.47. The first-order valence-corrected chi connectivity index (χ1v) is 14.5. The van der Waals surface area contributed by atoms with Gasteiger partial charge in [0.1, 0.15) is 11.3 Å². The summed E-state index contributed by atoms with van der Waals surface area (Å²) in [6.45, 7) is 4.95. The van der Waals surface area contributed by atoms with Crippen LogP contribution in [-0.4, -0.2) is 65.6 Å². The molecule has 0 aliphatic carbocycles. The van der Waals surface area contributed by atoms with Crippen molar-refractivity contribution in [2.24, 2.45) is 0 Å². The molecule has 0 radical (unpaired) electrons.